The number of nitrogens with zero attached hydrogens (tertiary/aromatic N) is 1. The highest BCUT2D eigenvalue weighted by atomic mass is 28.3. The number of benzene rings is 10. The van der Waals surface area contributed by atoms with E-state index >= 15 is 0 Å². The van der Waals surface area contributed by atoms with Crippen LogP contribution in [0.4, 0.5) is 0 Å². The first kappa shape index (κ1) is 24.5. The Morgan fingerprint density at radius 2 is 0.889 bits per heavy atom. The predicted molar refractivity (Wildman–Crippen MR) is 268 cm³/mol. The van der Waals surface area contributed by atoms with Gasteiger partial charge in [-0.05, 0) is 67.3 Å². The van der Waals surface area contributed by atoms with E-state index in [0.717, 1.165) is 21.5 Å². The van der Waals surface area contributed by atoms with E-state index in [1.165, 1.54) is 0 Å². The minimum absolute atomic E-state index is 0.0511. The van der Waals surface area contributed by atoms with Crippen molar-refractivity contribution in [3.05, 3.63) is 248 Å². The summed E-state index contributed by atoms with van der Waals surface area (Å²) in [5.74, 6) is 0. The monoisotopic (exact) mass is 834 g/mol. The predicted octanol–water partition coefficient (Wildman–Crippen LogP) is 13.1. The molecule has 63 heavy (non-hydrogen) atoms. The second-order valence-electron chi connectivity index (χ2n) is 15.2. The van der Waals surface area contributed by atoms with Crippen molar-refractivity contribution >= 4 is 72.6 Å². The largest absolute Gasteiger partial charge is 0.456 e. The molecule has 3 heteroatoms. The molecule has 12 aromatic rings. The van der Waals surface area contributed by atoms with Crippen LogP contribution in [0, 0.1) is 0 Å². The van der Waals surface area contributed by atoms with Gasteiger partial charge in [0, 0.05) is 32.7 Å². The summed E-state index contributed by atoms with van der Waals surface area (Å²) in [6, 6.07) is 39.6. The number of para-hydroxylation sites is 2. The minimum atomic E-state index is -4.23. The smallest absolute Gasteiger partial charge is 0.180 e. The lowest BCUT2D eigenvalue weighted by Crippen LogP contribution is -2.75. The van der Waals surface area contributed by atoms with Crippen molar-refractivity contribution in [1.29, 1.82) is 0 Å². The number of hydrogen-bond donors (Lipinski definition) is 0. The van der Waals surface area contributed by atoms with Crippen molar-refractivity contribution in [3.63, 3.8) is 0 Å². The van der Waals surface area contributed by atoms with Gasteiger partial charge in [-0.1, -0.05) is 224 Å². The van der Waals surface area contributed by atoms with Gasteiger partial charge >= 0.3 is 0 Å². The maximum atomic E-state index is 9.79. The molecule has 0 aliphatic rings. The molecule has 12 rings (SSSR count). The molecular formula is C60H41NOSi. The van der Waals surface area contributed by atoms with E-state index in [1.54, 1.807) is 30.3 Å². The van der Waals surface area contributed by atoms with Crippen LogP contribution in [0.5, 0.6) is 0 Å². The van der Waals surface area contributed by atoms with Gasteiger partial charge in [-0.15, -0.1) is 0 Å². The molecule has 0 N–H and O–H groups in total. The summed E-state index contributed by atoms with van der Waals surface area (Å²) in [6.45, 7) is 0. The first-order valence-corrected chi connectivity index (χ1v) is 22.4. The molecule has 0 fully saturated rings. The molecule has 2 aromatic heterocycles. The average Bonchev–Trinajstić information content (AvgIpc) is 4.18. The highest BCUT2D eigenvalue weighted by molar-refractivity contribution is 7.20. The van der Waals surface area contributed by atoms with Crippen molar-refractivity contribution in [2.24, 2.45) is 0 Å². The van der Waals surface area contributed by atoms with E-state index < -0.39 is 98.7 Å². The summed E-state index contributed by atoms with van der Waals surface area (Å²) in [7, 11) is -4.23. The number of furan rings is 1. The third kappa shape index (κ3) is 5.85. The van der Waals surface area contributed by atoms with Gasteiger partial charge in [-0.3, -0.25) is 0 Å². The molecule has 2 heterocycles. The van der Waals surface area contributed by atoms with E-state index in [-0.39, 0.29) is 33.5 Å². The van der Waals surface area contributed by atoms with Crippen LogP contribution >= 0.6 is 0 Å². The zero-order chi connectivity index (χ0) is 54.8. The fourth-order valence-corrected chi connectivity index (χ4v) is 14.5. The molecule has 0 bridgehead atoms. The van der Waals surface area contributed by atoms with Crippen LogP contribution in [0.15, 0.2) is 253 Å². The lowest BCUT2D eigenvalue weighted by atomic mass is 9.95. The third-order valence-electron chi connectivity index (χ3n) is 12.0. The van der Waals surface area contributed by atoms with Crippen LogP contribution in [0.3, 0.4) is 0 Å². The van der Waals surface area contributed by atoms with Gasteiger partial charge in [-0.25, -0.2) is 0 Å². The Bertz CT molecular complexity index is 4300. The Balaban J connectivity index is 1.39. The molecule has 2 nitrogen and oxygen atoms in total. The molecular weight excluding hydrogens is 779 g/mol. The van der Waals surface area contributed by atoms with Crippen molar-refractivity contribution in [2.45, 2.75) is 0 Å². The Hall–Kier alpha value is -7.98. The van der Waals surface area contributed by atoms with Gasteiger partial charge in [0.2, 0.25) is 0 Å². The average molecular weight is 835 g/mol. The van der Waals surface area contributed by atoms with Gasteiger partial charge in [0.25, 0.3) is 0 Å². The standard InChI is InChI=1S/C60H41NOSi/c1-6-22-42(23-7-1)48-32-18-21-37-57(48)63(45-28-12-4-13-29-45,46-30-14-5-15-31-46)47-40-51(43-24-8-2-9-25-43)60(52(41-47)44-26-10-3-11-27-44)61-53-35-19-16-33-49(53)58-54(61)38-39-56-59(58)50-34-17-20-36-55(50)62-56/h1-41H/i1D,2D,3D,6D,7D,8D,9D,10D,11D,22D,23D,24D,25D,26D,27D. The van der Waals surface area contributed by atoms with Crippen LogP contribution < -0.4 is 20.7 Å². The number of rotatable bonds is 8. The van der Waals surface area contributed by atoms with Gasteiger partial charge in [0.15, 0.2) is 8.07 Å². The number of aromatic nitrogens is 1. The lowest BCUT2D eigenvalue weighted by Gasteiger charge is -2.37. The van der Waals surface area contributed by atoms with E-state index in [1.807, 2.05) is 132 Å². The van der Waals surface area contributed by atoms with Gasteiger partial charge in [-0.2, -0.15) is 0 Å². The molecule has 0 aliphatic heterocycles. The van der Waals surface area contributed by atoms with E-state index in [4.69, 9.17) is 11.3 Å². The van der Waals surface area contributed by atoms with E-state index in [2.05, 4.69) is 0 Å². The summed E-state index contributed by atoms with van der Waals surface area (Å²) < 4.78 is 147. The second kappa shape index (κ2) is 15.2. The zero-order valence-electron chi connectivity index (χ0n) is 48.4. The molecule has 0 saturated heterocycles. The van der Waals surface area contributed by atoms with Crippen LogP contribution in [0.25, 0.3) is 82.8 Å². The molecule has 0 radical (unpaired) electrons. The van der Waals surface area contributed by atoms with Crippen molar-refractivity contribution < 1.29 is 25.0 Å². The van der Waals surface area contributed by atoms with Crippen LogP contribution in [-0.4, -0.2) is 12.6 Å². The highest BCUT2D eigenvalue weighted by Crippen LogP contribution is 2.45. The zero-order valence-corrected chi connectivity index (χ0v) is 34.4. The molecule has 10 aromatic carbocycles. The maximum absolute atomic E-state index is 9.79. The Kier molecular flexibility index (Phi) is 5.89. The van der Waals surface area contributed by atoms with Crippen LogP contribution in [0.1, 0.15) is 20.6 Å². The lowest BCUT2D eigenvalue weighted by molar-refractivity contribution is 0.669. The normalized spacial score (nSPS) is 15.1. The molecule has 0 amide bonds. The quantitative estimate of drug-likeness (QED) is 0.110. The van der Waals surface area contributed by atoms with Crippen LogP contribution in [0.2, 0.25) is 0 Å². The maximum Gasteiger partial charge on any atom is 0.180 e. The first-order chi connectivity index (χ1) is 37.5. The van der Waals surface area contributed by atoms with E-state index in [9.17, 15) is 13.7 Å². The van der Waals surface area contributed by atoms with Crippen molar-refractivity contribution in [3.8, 4) is 39.1 Å². The third-order valence-corrected chi connectivity index (χ3v) is 16.8. The Morgan fingerprint density at radius 1 is 0.381 bits per heavy atom. The van der Waals surface area contributed by atoms with E-state index in [0.29, 0.717) is 48.5 Å². The van der Waals surface area contributed by atoms with Gasteiger partial charge in [0.1, 0.15) is 11.2 Å². The van der Waals surface area contributed by atoms with Crippen LogP contribution in [-0.2, 0) is 0 Å². The second-order valence-corrected chi connectivity index (χ2v) is 19.0. The highest BCUT2D eigenvalue weighted by Gasteiger charge is 2.44. The summed E-state index contributed by atoms with van der Waals surface area (Å²) in [4.78, 5) is 0. The van der Waals surface area contributed by atoms with Gasteiger partial charge < -0.3 is 8.98 Å². The molecule has 0 spiro atoms. The summed E-state index contributed by atoms with van der Waals surface area (Å²) in [5, 5.41) is 5.41. The molecule has 0 saturated carbocycles. The minimum Gasteiger partial charge on any atom is -0.456 e. The van der Waals surface area contributed by atoms with Gasteiger partial charge in [0.05, 0.1) is 37.3 Å². The Morgan fingerprint density at radius 3 is 1.51 bits per heavy atom. The molecule has 296 valence electrons. The fourth-order valence-electron chi connectivity index (χ4n) is 9.51. The topological polar surface area (TPSA) is 18.1 Å². The first-order valence-electron chi connectivity index (χ1n) is 27.9. The molecule has 0 atom stereocenters. The molecule has 0 aliphatic carbocycles. The fraction of sp³-hybridized carbons (Fsp3) is 0. The summed E-state index contributed by atoms with van der Waals surface area (Å²) in [5.41, 5.74) is 2.33. The van der Waals surface area contributed by atoms with Crippen molar-refractivity contribution in [1.82, 2.24) is 4.57 Å². The summed E-state index contributed by atoms with van der Waals surface area (Å²) in [6.07, 6.45) is 0. The SMILES string of the molecule is [2H]c1c([2H])c([2H])c(-c2ccccc2[Si](c2ccccc2)(c2ccccc2)c2cc(-c3c([2H])c([2H])c([2H])c([2H])c3[2H])c(-n3c4ccccc4c4c5c(ccc43)oc3ccccc35)c(-c3c([2H])c([2H])c([2H])c([2H])c3[2H])c2)c([2H])c1[2H]. The summed E-state index contributed by atoms with van der Waals surface area (Å²) >= 11 is 0. The van der Waals surface area contributed by atoms with Crippen molar-refractivity contribution in [2.75, 3.05) is 0 Å². The number of fused-ring (bicyclic) bond motifs is 7. The number of hydrogen-bond acceptors (Lipinski definition) is 1. The Labute approximate surface area is 388 Å². The molecule has 0 unspecified atom stereocenters.